The van der Waals surface area contributed by atoms with Crippen molar-refractivity contribution in [1.82, 2.24) is 19.4 Å². The molecule has 2 heterocycles. The Morgan fingerprint density at radius 1 is 1.04 bits per heavy atom. The topological polar surface area (TPSA) is 118 Å². The SMILES string of the molecule is COCCN(C)[C@H]1CC[C@H](Nc2ncc3cc(-c4cc(F)c(NS(=O)(=O)Cc5ccc(F)cc5)c(F)c4)c(=O)n(C(C)C)c3n2)CC1. The predicted molar refractivity (Wildman–Crippen MR) is 176 cm³/mol. The van der Waals surface area contributed by atoms with Gasteiger partial charge in [0.05, 0.1) is 12.4 Å². The molecule has 4 aromatic rings. The van der Waals surface area contributed by atoms with Crippen molar-refractivity contribution in [3.8, 4) is 11.1 Å². The average molecular weight is 673 g/mol. The maximum Gasteiger partial charge on any atom is 0.260 e. The number of likely N-dealkylation sites (N-methyl/N-ethyl adjacent to an activating group) is 1. The molecule has 0 saturated heterocycles. The molecule has 2 aromatic carbocycles. The van der Waals surface area contributed by atoms with E-state index < -0.39 is 44.5 Å². The van der Waals surface area contributed by atoms with Crippen LogP contribution in [-0.4, -0.2) is 67.2 Å². The van der Waals surface area contributed by atoms with Crippen molar-refractivity contribution >= 4 is 32.7 Å². The number of halogens is 3. The number of sulfonamides is 1. The first-order valence-corrected chi connectivity index (χ1v) is 17.1. The number of rotatable bonds is 12. The van der Waals surface area contributed by atoms with Gasteiger partial charge in [0, 0.05) is 48.9 Å². The number of aromatic nitrogens is 3. The number of fused-ring (bicyclic) bond motifs is 1. The Hall–Kier alpha value is -4.01. The fraction of sp³-hybridized carbons (Fsp3) is 0.424. The molecule has 2 N–H and O–H groups in total. The molecule has 47 heavy (non-hydrogen) atoms. The summed E-state index contributed by atoms with van der Waals surface area (Å²) in [6, 6.07) is 8.32. The van der Waals surface area contributed by atoms with E-state index in [-0.39, 0.29) is 28.8 Å². The van der Waals surface area contributed by atoms with E-state index in [2.05, 4.69) is 27.2 Å². The molecule has 0 atom stereocenters. The van der Waals surface area contributed by atoms with Crippen molar-refractivity contribution in [3.63, 3.8) is 0 Å². The summed E-state index contributed by atoms with van der Waals surface area (Å²) in [5.41, 5.74) is -0.848. The maximum absolute atomic E-state index is 15.3. The van der Waals surface area contributed by atoms with E-state index >= 15 is 8.78 Å². The molecule has 0 amide bonds. The van der Waals surface area contributed by atoms with Gasteiger partial charge >= 0.3 is 0 Å². The predicted octanol–water partition coefficient (Wildman–Crippen LogP) is 5.70. The number of methoxy groups -OCH3 is 1. The van der Waals surface area contributed by atoms with Crippen LogP contribution in [-0.2, 0) is 20.5 Å². The Bertz CT molecular complexity index is 1870. The molecule has 0 spiro atoms. The van der Waals surface area contributed by atoms with Crippen LogP contribution in [0.3, 0.4) is 0 Å². The third-order valence-corrected chi connectivity index (χ3v) is 9.70. The molecule has 0 bridgehead atoms. The zero-order valence-corrected chi connectivity index (χ0v) is 27.6. The number of nitrogens with zero attached hydrogens (tertiary/aromatic N) is 4. The summed E-state index contributed by atoms with van der Waals surface area (Å²) < 4.78 is 77.6. The van der Waals surface area contributed by atoms with Crippen molar-refractivity contribution in [2.75, 3.05) is 37.3 Å². The fourth-order valence-corrected chi connectivity index (χ4v) is 7.16. The Kier molecular flexibility index (Phi) is 10.5. The highest BCUT2D eigenvalue weighted by Crippen LogP contribution is 2.30. The number of pyridine rings is 1. The minimum atomic E-state index is -4.25. The van der Waals surface area contributed by atoms with Gasteiger partial charge in [-0.3, -0.25) is 14.1 Å². The molecule has 0 radical (unpaired) electrons. The van der Waals surface area contributed by atoms with Crippen molar-refractivity contribution in [1.29, 1.82) is 0 Å². The Balaban J connectivity index is 1.38. The molecule has 5 rings (SSSR count). The van der Waals surface area contributed by atoms with Crippen LogP contribution in [0.15, 0.2) is 53.5 Å². The molecule has 10 nitrogen and oxygen atoms in total. The Labute approximate surface area is 272 Å². The van der Waals surface area contributed by atoms with Crippen LogP contribution in [0, 0.1) is 17.5 Å². The maximum atomic E-state index is 15.3. The first-order chi connectivity index (χ1) is 22.3. The van der Waals surface area contributed by atoms with E-state index in [1.54, 1.807) is 27.2 Å². The van der Waals surface area contributed by atoms with Crippen molar-refractivity contribution in [2.45, 2.75) is 63.4 Å². The molecule has 0 unspecified atom stereocenters. The first kappa shape index (κ1) is 34.3. The van der Waals surface area contributed by atoms with E-state index in [0.29, 0.717) is 29.6 Å². The minimum Gasteiger partial charge on any atom is -0.383 e. The lowest BCUT2D eigenvalue weighted by Gasteiger charge is -2.34. The van der Waals surface area contributed by atoms with Crippen LogP contribution in [0.5, 0.6) is 0 Å². The summed E-state index contributed by atoms with van der Waals surface area (Å²) in [6.45, 7) is 5.18. The van der Waals surface area contributed by atoms with Crippen LogP contribution >= 0.6 is 0 Å². The minimum absolute atomic E-state index is 0.00458. The number of anilines is 2. The van der Waals surface area contributed by atoms with Gasteiger partial charge < -0.3 is 15.0 Å². The summed E-state index contributed by atoms with van der Waals surface area (Å²) in [7, 11) is -0.441. The third-order valence-electron chi connectivity index (χ3n) is 8.47. The molecular weight excluding hydrogens is 633 g/mol. The van der Waals surface area contributed by atoms with E-state index in [1.807, 2.05) is 4.72 Å². The van der Waals surface area contributed by atoms with Gasteiger partial charge in [-0.2, -0.15) is 4.98 Å². The second kappa shape index (κ2) is 14.4. The number of ether oxygens (including phenoxy) is 1. The molecule has 1 fully saturated rings. The highest BCUT2D eigenvalue weighted by Gasteiger charge is 2.25. The zero-order chi connectivity index (χ0) is 33.9. The highest BCUT2D eigenvalue weighted by molar-refractivity contribution is 7.91. The number of hydrogen-bond donors (Lipinski definition) is 2. The van der Waals surface area contributed by atoms with Gasteiger partial charge in [0.25, 0.3) is 5.56 Å². The molecule has 1 saturated carbocycles. The monoisotopic (exact) mass is 672 g/mol. The van der Waals surface area contributed by atoms with E-state index in [9.17, 15) is 17.6 Å². The number of benzene rings is 2. The van der Waals surface area contributed by atoms with Gasteiger partial charge in [-0.15, -0.1) is 0 Å². The summed E-state index contributed by atoms with van der Waals surface area (Å²) in [6.07, 6.45) is 5.49. The number of hydrogen-bond acceptors (Lipinski definition) is 8. The smallest absolute Gasteiger partial charge is 0.260 e. The highest BCUT2D eigenvalue weighted by atomic mass is 32.2. The molecule has 1 aliphatic rings. The fourth-order valence-electron chi connectivity index (χ4n) is 5.95. The van der Waals surface area contributed by atoms with E-state index in [1.165, 1.54) is 22.8 Å². The largest absolute Gasteiger partial charge is 0.383 e. The molecule has 252 valence electrons. The van der Waals surface area contributed by atoms with Gasteiger partial charge in [-0.1, -0.05) is 12.1 Å². The first-order valence-electron chi connectivity index (χ1n) is 15.5. The molecule has 14 heteroatoms. The lowest BCUT2D eigenvalue weighted by Crippen LogP contribution is -2.39. The number of nitrogens with one attached hydrogen (secondary N) is 2. The van der Waals surface area contributed by atoms with Gasteiger partial charge in [0.2, 0.25) is 16.0 Å². The van der Waals surface area contributed by atoms with Crippen molar-refractivity contribution in [3.05, 3.63) is 82.0 Å². The van der Waals surface area contributed by atoms with Crippen LogP contribution in [0.1, 0.15) is 51.1 Å². The van der Waals surface area contributed by atoms with E-state index in [0.717, 1.165) is 56.5 Å². The van der Waals surface area contributed by atoms with Gasteiger partial charge in [0.1, 0.15) is 17.2 Å². The van der Waals surface area contributed by atoms with Crippen molar-refractivity contribution in [2.24, 2.45) is 0 Å². The summed E-state index contributed by atoms with van der Waals surface area (Å²) in [5.74, 6) is -3.18. The zero-order valence-electron chi connectivity index (χ0n) is 26.8. The molecular formula is C33H39F3N6O4S. The van der Waals surface area contributed by atoms with Crippen LogP contribution in [0.25, 0.3) is 22.2 Å². The second-order valence-corrected chi connectivity index (χ2v) is 13.9. The van der Waals surface area contributed by atoms with Gasteiger partial charge in [-0.25, -0.2) is 26.6 Å². The van der Waals surface area contributed by atoms with Crippen LogP contribution in [0.2, 0.25) is 0 Å². The summed E-state index contributed by atoms with van der Waals surface area (Å²) in [4.78, 5) is 25.2. The lowest BCUT2D eigenvalue weighted by atomic mass is 9.90. The van der Waals surface area contributed by atoms with E-state index in [4.69, 9.17) is 4.74 Å². The molecule has 1 aliphatic carbocycles. The van der Waals surface area contributed by atoms with Gasteiger partial charge in [0.15, 0.2) is 11.6 Å². The average Bonchev–Trinajstić information content (AvgIpc) is 3.02. The molecule has 0 aliphatic heterocycles. The van der Waals surface area contributed by atoms with Crippen LogP contribution < -0.4 is 15.6 Å². The Morgan fingerprint density at radius 2 is 1.70 bits per heavy atom. The summed E-state index contributed by atoms with van der Waals surface area (Å²) >= 11 is 0. The third kappa shape index (κ3) is 8.11. The summed E-state index contributed by atoms with van der Waals surface area (Å²) in [5, 5.41) is 3.91. The second-order valence-electron chi connectivity index (χ2n) is 12.2. The van der Waals surface area contributed by atoms with Gasteiger partial charge in [-0.05, 0) is 88.0 Å². The normalized spacial score (nSPS) is 17.0. The standard InChI is InChI=1S/C33H39F3N6O4S/c1-20(2)42-31-23(18-37-33(39-31)38-25-9-11-26(12-10-25)41(3)13-14-46-4)15-27(32(42)43)22-16-28(35)30(29(36)17-22)40-47(44,45)19-21-5-7-24(34)8-6-21/h5-8,15-18,20,25-26,40H,9-14,19H2,1-4H3,(H,37,38,39)/t25-,26-. The van der Waals surface area contributed by atoms with Crippen LogP contribution in [0.4, 0.5) is 24.8 Å². The lowest BCUT2D eigenvalue weighted by molar-refractivity contribution is 0.121. The molecule has 2 aromatic heterocycles. The quantitative estimate of drug-likeness (QED) is 0.197. The van der Waals surface area contributed by atoms with Crippen molar-refractivity contribution < 1.29 is 26.3 Å². The Morgan fingerprint density at radius 3 is 2.32 bits per heavy atom.